The van der Waals surface area contributed by atoms with Gasteiger partial charge in [0.05, 0.1) is 13.7 Å². The zero-order chi connectivity index (χ0) is 17.6. The molecule has 0 heterocycles. The maximum Gasteiger partial charge on any atom is 0.305 e. The third-order valence-corrected chi connectivity index (χ3v) is 3.32. The molecule has 1 rings (SSSR count). The highest BCUT2D eigenvalue weighted by Crippen LogP contribution is 2.11. The van der Waals surface area contributed by atoms with Crippen LogP contribution < -0.4 is 15.4 Å². The van der Waals surface area contributed by atoms with Crippen molar-refractivity contribution in [2.24, 2.45) is 4.99 Å². The fourth-order valence-electron chi connectivity index (χ4n) is 2.11. The molecule has 6 heteroatoms. The van der Waals surface area contributed by atoms with Gasteiger partial charge in [0.15, 0.2) is 5.96 Å². The molecule has 1 aromatic carbocycles. The standard InChI is InChI=1S/C18H29N3O3/c1-4-19-18(20-13-6-7-17(22)24-5-2)21-14-12-15-8-10-16(23-3)11-9-15/h8-11H,4-7,12-14H2,1-3H3,(H2,19,20,21). The first kappa shape index (κ1) is 19.8. The van der Waals surface area contributed by atoms with Crippen LogP contribution in [-0.4, -0.2) is 45.3 Å². The van der Waals surface area contributed by atoms with Crippen molar-refractivity contribution in [2.75, 3.05) is 33.4 Å². The molecule has 0 aliphatic rings. The number of guanidine groups is 1. The molecule has 0 bridgehead atoms. The van der Waals surface area contributed by atoms with Crippen LogP contribution in [0.5, 0.6) is 5.75 Å². The number of nitrogens with one attached hydrogen (secondary N) is 2. The quantitative estimate of drug-likeness (QED) is 0.297. The summed E-state index contributed by atoms with van der Waals surface area (Å²) in [6.07, 6.45) is 1.99. The molecule has 0 aliphatic carbocycles. The molecule has 2 N–H and O–H groups in total. The van der Waals surface area contributed by atoms with E-state index in [1.54, 1.807) is 7.11 Å². The Morgan fingerprint density at radius 1 is 1.17 bits per heavy atom. The summed E-state index contributed by atoms with van der Waals surface area (Å²) in [5.41, 5.74) is 1.24. The second kappa shape index (κ2) is 12.2. The monoisotopic (exact) mass is 335 g/mol. The first-order valence-electron chi connectivity index (χ1n) is 8.50. The number of nitrogens with zero attached hydrogens (tertiary/aromatic N) is 1. The lowest BCUT2D eigenvalue weighted by molar-refractivity contribution is -0.143. The van der Waals surface area contributed by atoms with Crippen molar-refractivity contribution < 1.29 is 14.3 Å². The molecule has 0 saturated carbocycles. The van der Waals surface area contributed by atoms with Gasteiger partial charge in [-0.25, -0.2) is 0 Å². The Morgan fingerprint density at radius 2 is 1.92 bits per heavy atom. The summed E-state index contributed by atoms with van der Waals surface area (Å²) < 4.78 is 10.1. The van der Waals surface area contributed by atoms with Crippen LogP contribution in [0.2, 0.25) is 0 Å². The Hall–Kier alpha value is -2.24. The van der Waals surface area contributed by atoms with Crippen LogP contribution in [0.15, 0.2) is 29.3 Å². The van der Waals surface area contributed by atoms with Crippen LogP contribution in [0.3, 0.4) is 0 Å². The minimum absolute atomic E-state index is 0.162. The number of hydrogen-bond donors (Lipinski definition) is 2. The minimum Gasteiger partial charge on any atom is -0.497 e. The van der Waals surface area contributed by atoms with E-state index >= 15 is 0 Å². The highest BCUT2D eigenvalue weighted by atomic mass is 16.5. The summed E-state index contributed by atoms with van der Waals surface area (Å²) in [5, 5.41) is 6.51. The Morgan fingerprint density at radius 3 is 2.54 bits per heavy atom. The van der Waals surface area contributed by atoms with Gasteiger partial charge in [-0.3, -0.25) is 9.79 Å². The van der Waals surface area contributed by atoms with Crippen molar-refractivity contribution >= 4 is 11.9 Å². The van der Waals surface area contributed by atoms with Crippen molar-refractivity contribution in [3.05, 3.63) is 29.8 Å². The summed E-state index contributed by atoms with van der Waals surface area (Å²) >= 11 is 0. The van der Waals surface area contributed by atoms with Crippen LogP contribution in [0, 0.1) is 0 Å². The van der Waals surface area contributed by atoms with Crippen LogP contribution in [0.1, 0.15) is 32.3 Å². The number of carbonyl (C=O) groups excluding carboxylic acids is 1. The number of benzene rings is 1. The zero-order valence-electron chi connectivity index (χ0n) is 14.9. The molecule has 0 aliphatic heterocycles. The third kappa shape index (κ3) is 8.41. The van der Waals surface area contributed by atoms with Gasteiger partial charge in [0.2, 0.25) is 0 Å². The van der Waals surface area contributed by atoms with Crippen LogP contribution in [-0.2, 0) is 16.0 Å². The fourth-order valence-corrected chi connectivity index (χ4v) is 2.11. The van der Waals surface area contributed by atoms with Gasteiger partial charge in [-0.2, -0.15) is 0 Å². The molecular weight excluding hydrogens is 306 g/mol. The summed E-state index contributed by atoms with van der Waals surface area (Å²) in [6.45, 7) is 6.45. The Labute approximate surface area is 144 Å². The molecule has 134 valence electrons. The molecule has 24 heavy (non-hydrogen) atoms. The lowest BCUT2D eigenvalue weighted by atomic mass is 10.1. The smallest absolute Gasteiger partial charge is 0.305 e. The molecule has 1 aromatic rings. The number of aliphatic imine (C=N–C) groups is 1. The van der Waals surface area contributed by atoms with E-state index in [9.17, 15) is 4.79 Å². The second-order valence-corrected chi connectivity index (χ2v) is 5.19. The number of rotatable bonds is 10. The summed E-state index contributed by atoms with van der Waals surface area (Å²) in [7, 11) is 1.66. The molecule has 0 saturated heterocycles. The first-order valence-corrected chi connectivity index (χ1v) is 8.50. The van der Waals surface area contributed by atoms with Crippen molar-refractivity contribution in [1.82, 2.24) is 10.6 Å². The van der Waals surface area contributed by atoms with Crippen LogP contribution >= 0.6 is 0 Å². The maximum absolute atomic E-state index is 11.3. The molecule has 0 unspecified atom stereocenters. The first-order chi connectivity index (χ1) is 11.7. The maximum atomic E-state index is 11.3. The topological polar surface area (TPSA) is 72.0 Å². The van der Waals surface area contributed by atoms with E-state index in [0.29, 0.717) is 26.0 Å². The van der Waals surface area contributed by atoms with E-state index in [-0.39, 0.29) is 5.97 Å². The van der Waals surface area contributed by atoms with Gasteiger partial charge < -0.3 is 20.1 Å². The van der Waals surface area contributed by atoms with Crippen molar-refractivity contribution in [2.45, 2.75) is 33.1 Å². The third-order valence-electron chi connectivity index (χ3n) is 3.32. The molecule has 0 atom stereocenters. The second-order valence-electron chi connectivity index (χ2n) is 5.19. The lowest BCUT2D eigenvalue weighted by Crippen LogP contribution is -2.38. The highest BCUT2D eigenvalue weighted by molar-refractivity contribution is 5.79. The number of carbonyl (C=O) groups is 1. The molecule has 6 nitrogen and oxygen atoms in total. The number of ether oxygens (including phenoxy) is 2. The van der Waals surface area contributed by atoms with Gasteiger partial charge in [0.1, 0.15) is 5.75 Å². The largest absolute Gasteiger partial charge is 0.497 e. The van der Waals surface area contributed by atoms with Gasteiger partial charge >= 0.3 is 5.97 Å². The van der Waals surface area contributed by atoms with E-state index < -0.39 is 0 Å². The van der Waals surface area contributed by atoms with E-state index in [1.807, 2.05) is 26.0 Å². The van der Waals surface area contributed by atoms with Gasteiger partial charge in [-0.1, -0.05) is 12.1 Å². The van der Waals surface area contributed by atoms with E-state index in [1.165, 1.54) is 5.56 Å². The molecular formula is C18H29N3O3. The minimum atomic E-state index is -0.162. The Kier molecular flexibility index (Phi) is 10.1. The predicted octanol–water partition coefficient (Wildman–Crippen LogP) is 2.14. The van der Waals surface area contributed by atoms with Gasteiger partial charge in [-0.05, 0) is 44.4 Å². The normalized spacial score (nSPS) is 11.0. The Balaban J connectivity index is 2.33. The van der Waals surface area contributed by atoms with Crippen LogP contribution in [0.4, 0.5) is 0 Å². The average Bonchev–Trinajstić information content (AvgIpc) is 2.59. The number of hydrogen-bond acceptors (Lipinski definition) is 4. The number of esters is 1. The molecule has 0 fully saturated rings. The van der Waals surface area contributed by atoms with Crippen molar-refractivity contribution in [3.8, 4) is 5.75 Å². The highest BCUT2D eigenvalue weighted by Gasteiger charge is 2.02. The number of methoxy groups -OCH3 is 1. The molecule has 0 amide bonds. The zero-order valence-corrected chi connectivity index (χ0v) is 14.9. The van der Waals surface area contributed by atoms with Crippen molar-refractivity contribution in [3.63, 3.8) is 0 Å². The van der Waals surface area contributed by atoms with E-state index in [0.717, 1.165) is 31.2 Å². The Bertz CT molecular complexity index is 501. The SMILES string of the molecule is CCNC(=NCCCC(=O)OCC)NCCc1ccc(OC)cc1. The van der Waals surface area contributed by atoms with Gasteiger partial charge in [0, 0.05) is 26.1 Å². The molecule has 0 radical (unpaired) electrons. The van der Waals surface area contributed by atoms with Crippen molar-refractivity contribution in [1.29, 1.82) is 0 Å². The molecule has 0 spiro atoms. The summed E-state index contributed by atoms with van der Waals surface area (Å²) in [4.78, 5) is 15.7. The van der Waals surface area contributed by atoms with Gasteiger partial charge in [0.25, 0.3) is 0 Å². The van der Waals surface area contributed by atoms with Crippen LogP contribution in [0.25, 0.3) is 0 Å². The van der Waals surface area contributed by atoms with E-state index in [2.05, 4.69) is 27.8 Å². The fraction of sp³-hybridized carbons (Fsp3) is 0.556. The predicted molar refractivity (Wildman–Crippen MR) is 96.5 cm³/mol. The molecule has 0 aromatic heterocycles. The van der Waals surface area contributed by atoms with Gasteiger partial charge in [-0.15, -0.1) is 0 Å². The van der Waals surface area contributed by atoms with E-state index in [4.69, 9.17) is 9.47 Å². The average molecular weight is 335 g/mol. The lowest BCUT2D eigenvalue weighted by Gasteiger charge is -2.11. The summed E-state index contributed by atoms with van der Waals surface area (Å²) in [6, 6.07) is 8.04. The summed E-state index contributed by atoms with van der Waals surface area (Å²) in [5.74, 6) is 1.48.